The molecule has 0 aliphatic carbocycles. The molecule has 1 unspecified atom stereocenters. The number of nitrogens with zero attached hydrogens (tertiary/aromatic N) is 1. The standard InChI is InChI=1S/C21H32N2O4S/c1-4-5-6-19(24)23(12-11-22-20(25)18(14-28)15(2)3)13-16-7-9-17(10-8-16)21(26)27/h7-10,15,18,28H,4-6,11-14H2,1-3H3,(H,22,25)(H,26,27). The van der Waals surface area contributed by atoms with Crippen LogP contribution in [0.2, 0.25) is 0 Å². The van der Waals surface area contributed by atoms with Crippen LogP contribution >= 0.6 is 12.6 Å². The van der Waals surface area contributed by atoms with Gasteiger partial charge in [0.25, 0.3) is 0 Å². The minimum absolute atomic E-state index is 0.0352. The molecule has 0 saturated carbocycles. The summed E-state index contributed by atoms with van der Waals surface area (Å²) in [5.74, 6) is -0.457. The first-order valence-electron chi connectivity index (χ1n) is 9.78. The maximum atomic E-state index is 12.6. The average molecular weight is 409 g/mol. The van der Waals surface area contributed by atoms with Crippen LogP contribution in [-0.2, 0) is 16.1 Å². The van der Waals surface area contributed by atoms with Crippen molar-refractivity contribution in [3.05, 3.63) is 35.4 Å². The fourth-order valence-electron chi connectivity index (χ4n) is 2.79. The third kappa shape index (κ3) is 7.92. The number of thiol groups is 1. The highest BCUT2D eigenvalue weighted by Crippen LogP contribution is 2.13. The number of hydrogen-bond donors (Lipinski definition) is 3. The van der Waals surface area contributed by atoms with Crippen LogP contribution in [0.15, 0.2) is 24.3 Å². The number of aromatic carboxylic acids is 1. The molecule has 0 heterocycles. The van der Waals surface area contributed by atoms with Crippen LogP contribution < -0.4 is 5.32 Å². The van der Waals surface area contributed by atoms with Gasteiger partial charge in [0.05, 0.1) is 5.56 Å². The molecule has 6 nitrogen and oxygen atoms in total. The van der Waals surface area contributed by atoms with Crippen molar-refractivity contribution in [3.63, 3.8) is 0 Å². The molecule has 0 aromatic heterocycles. The average Bonchev–Trinajstić information content (AvgIpc) is 2.65. The number of hydrogen-bond acceptors (Lipinski definition) is 4. The molecule has 0 radical (unpaired) electrons. The summed E-state index contributed by atoms with van der Waals surface area (Å²) in [7, 11) is 0. The summed E-state index contributed by atoms with van der Waals surface area (Å²) in [5, 5.41) is 11.9. The Morgan fingerprint density at radius 3 is 2.32 bits per heavy atom. The van der Waals surface area contributed by atoms with Crippen molar-refractivity contribution in [1.82, 2.24) is 10.2 Å². The number of carbonyl (C=O) groups is 3. The van der Waals surface area contributed by atoms with E-state index >= 15 is 0 Å². The first-order chi connectivity index (χ1) is 13.3. The summed E-state index contributed by atoms with van der Waals surface area (Å²) in [4.78, 5) is 37.5. The van der Waals surface area contributed by atoms with Gasteiger partial charge in [-0.2, -0.15) is 12.6 Å². The third-order valence-corrected chi connectivity index (χ3v) is 5.08. The van der Waals surface area contributed by atoms with Gasteiger partial charge in [-0.05, 0) is 30.0 Å². The van der Waals surface area contributed by atoms with E-state index in [2.05, 4.69) is 17.9 Å². The van der Waals surface area contributed by atoms with Crippen LogP contribution in [0, 0.1) is 11.8 Å². The second-order valence-corrected chi connectivity index (χ2v) is 7.61. The van der Waals surface area contributed by atoms with E-state index in [1.54, 1.807) is 17.0 Å². The Bertz CT molecular complexity index is 646. The van der Waals surface area contributed by atoms with Gasteiger partial charge >= 0.3 is 5.97 Å². The van der Waals surface area contributed by atoms with Crippen LogP contribution in [0.25, 0.3) is 0 Å². The van der Waals surface area contributed by atoms with E-state index < -0.39 is 5.97 Å². The number of rotatable bonds is 12. The van der Waals surface area contributed by atoms with Gasteiger partial charge in [0.1, 0.15) is 0 Å². The van der Waals surface area contributed by atoms with Crippen LogP contribution in [0.1, 0.15) is 56.0 Å². The lowest BCUT2D eigenvalue weighted by Gasteiger charge is -2.24. The first-order valence-corrected chi connectivity index (χ1v) is 10.4. The summed E-state index contributed by atoms with van der Waals surface area (Å²) in [6, 6.07) is 6.51. The first kappa shape index (κ1) is 24.0. The van der Waals surface area contributed by atoms with Crippen LogP contribution in [0.4, 0.5) is 0 Å². The van der Waals surface area contributed by atoms with Crippen molar-refractivity contribution in [3.8, 4) is 0 Å². The topological polar surface area (TPSA) is 86.7 Å². The van der Waals surface area contributed by atoms with Crippen molar-refractivity contribution in [2.45, 2.75) is 46.6 Å². The minimum Gasteiger partial charge on any atom is -0.478 e. The maximum absolute atomic E-state index is 12.6. The number of benzene rings is 1. The van der Waals surface area contributed by atoms with Crippen LogP contribution in [0.3, 0.4) is 0 Å². The van der Waals surface area contributed by atoms with Crippen molar-refractivity contribution in [1.29, 1.82) is 0 Å². The minimum atomic E-state index is -0.978. The fraction of sp³-hybridized carbons (Fsp3) is 0.571. The number of unbranched alkanes of at least 4 members (excludes halogenated alkanes) is 1. The van der Waals surface area contributed by atoms with Crippen molar-refractivity contribution < 1.29 is 19.5 Å². The molecule has 1 rings (SSSR count). The molecule has 7 heteroatoms. The van der Waals surface area contributed by atoms with Gasteiger partial charge in [-0.15, -0.1) is 0 Å². The Labute approximate surface area is 173 Å². The molecular formula is C21H32N2O4S. The van der Waals surface area contributed by atoms with E-state index in [0.717, 1.165) is 18.4 Å². The summed E-state index contributed by atoms with van der Waals surface area (Å²) in [5.41, 5.74) is 1.07. The van der Waals surface area contributed by atoms with Gasteiger partial charge < -0.3 is 15.3 Å². The van der Waals surface area contributed by atoms with Gasteiger partial charge in [0.2, 0.25) is 11.8 Å². The Morgan fingerprint density at radius 1 is 1.18 bits per heavy atom. The zero-order valence-electron chi connectivity index (χ0n) is 17.0. The Balaban J connectivity index is 2.73. The molecule has 2 amide bonds. The lowest BCUT2D eigenvalue weighted by molar-refractivity contribution is -0.132. The highest BCUT2D eigenvalue weighted by Gasteiger charge is 2.21. The zero-order chi connectivity index (χ0) is 21.1. The SMILES string of the molecule is CCCCC(=O)N(CCNC(=O)C(CS)C(C)C)Cc1ccc(C(=O)O)cc1. The third-order valence-electron chi connectivity index (χ3n) is 4.69. The Hall–Kier alpha value is -2.02. The second-order valence-electron chi connectivity index (χ2n) is 7.25. The highest BCUT2D eigenvalue weighted by molar-refractivity contribution is 7.80. The summed E-state index contributed by atoms with van der Waals surface area (Å²) in [6.45, 7) is 7.18. The van der Waals surface area contributed by atoms with Crippen molar-refractivity contribution in [2.75, 3.05) is 18.8 Å². The van der Waals surface area contributed by atoms with Crippen molar-refractivity contribution >= 4 is 30.4 Å². The fourth-order valence-corrected chi connectivity index (χ4v) is 3.38. The molecule has 28 heavy (non-hydrogen) atoms. The second kappa shape index (κ2) is 12.4. The van der Waals surface area contributed by atoms with E-state index in [1.807, 2.05) is 20.8 Å². The monoisotopic (exact) mass is 408 g/mol. The molecular weight excluding hydrogens is 376 g/mol. The lowest BCUT2D eigenvalue weighted by atomic mass is 9.97. The molecule has 1 atom stereocenters. The smallest absolute Gasteiger partial charge is 0.335 e. The number of nitrogens with one attached hydrogen (secondary N) is 1. The van der Waals surface area contributed by atoms with Gasteiger partial charge in [-0.1, -0.05) is 39.3 Å². The molecule has 0 aliphatic rings. The molecule has 0 aliphatic heterocycles. The summed E-state index contributed by atoms with van der Waals surface area (Å²) < 4.78 is 0. The Morgan fingerprint density at radius 2 is 1.82 bits per heavy atom. The molecule has 2 N–H and O–H groups in total. The number of carboxylic acids is 1. The van der Waals surface area contributed by atoms with Gasteiger partial charge in [0, 0.05) is 37.7 Å². The van der Waals surface area contributed by atoms with E-state index in [-0.39, 0.29) is 29.2 Å². The van der Waals surface area contributed by atoms with Crippen molar-refractivity contribution in [2.24, 2.45) is 11.8 Å². The van der Waals surface area contributed by atoms with E-state index in [0.29, 0.717) is 31.8 Å². The molecule has 0 fully saturated rings. The van der Waals surface area contributed by atoms with Gasteiger partial charge in [-0.25, -0.2) is 4.79 Å². The molecule has 0 spiro atoms. The maximum Gasteiger partial charge on any atom is 0.335 e. The van der Waals surface area contributed by atoms with Crippen LogP contribution in [0.5, 0.6) is 0 Å². The quantitative estimate of drug-likeness (QED) is 0.464. The van der Waals surface area contributed by atoms with Crippen LogP contribution in [-0.4, -0.2) is 46.6 Å². The van der Waals surface area contributed by atoms with E-state index in [4.69, 9.17) is 5.11 Å². The largest absolute Gasteiger partial charge is 0.478 e. The number of amides is 2. The molecule has 1 aromatic carbocycles. The molecule has 0 bridgehead atoms. The molecule has 1 aromatic rings. The lowest BCUT2D eigenvalue weighted by Crippen LogP contribution is -2.41. The van der Waals surface area contributed by atoms with Gasteiger partial charge in [-0.3, -0.25) is 9.59 Å². The molecule has 156 valence electrons. The van der Waals surface area contributed by atoms with E-state index in [1.165, 1.54) is 12.1 Å². The summed E-state index contributed by atoms with van der Waals surface area (Å²) >= 11 is 4.25. The normalized spacial score (nSPS) is 11.9. The number of carboxylic acid groups (broad SMARTS) is 1. The van der Waals surface area contributed by atoms with Gasteiger partial charge in [0.15, 0.2) is 0 Å². The zero-order valence-corrected chi connectivity index (χ0v) is 17.9. The summed E-state index contributed by atoms with van der Waals surface area (Å²) in [6.07, 6.45) is 2.21. The predicted octanol–water partition coefficient (Wildman–Crippen LogP) is 3.22. The number of carbonyl (C=O) groups excluding carboxylic acids is 2. The Kier molecular flexibility index (Phi) is 10.7. The highest BCUT2D eigenvalue weighted by atomic mass is 32.1. The molecule has 0 saturated heterocycles. The predicted molar refractivity (Wildman–Crippen MR) is 114 cm³/mol. The van der Waals surface area contributed by atoms with E-state index in [9.17, 15) is 14.4 Å².